The van der Waals surface area contributed by atoms with Gasteiger partial charge in [0.05, 0.1) is 11.3 Å². The van der Waals surface area contributed by atoms with E-state index in [2.05, 4.69) is 0 Å². The number of aromatic carboxylic acids is 1. The van der Waals surface area contributed by atoms with E-state index >= 15 is 0 Å². The van der Waals surface area contributed by atoms with Gasteiger partial charge in [0.2, 0.25) is 0 Å². The fraction of sp³-hybridized carbons (Fsp3) is 0.273. The second-order valence-corrected chi connectivity index (χ2v) is 4.02. The van der Waals surface area contributed by atoms with Crippen LogP contribution in [0, 0.1) is 11.6 Å². The monoisotopic (exact) mass is 312 g/mol. The van der Waals surface area contributed by atoms with E-state index in [1.165, 1.54) is 0 Å². The van der Waals surface area contributed by atoms with Crippen molar-refractivity contribution in [1.82, 2.24) is 4.90 Å². The van der Waals surface area contributed by atoms with E-state index in [0.29, 0.717) is 12.1 Å². The second-order valence-electron chi connectivity index (χ2n) is 4.02. The van der Waals surface area contributed by atoms with Crippen molar-refractivity contribution >= 4 is 17.7 Å². The van der Waals surface area contributed by atoms with E-state index in [4.69, 9.17) is 5.11 Å². The van der Waals surface area contributed by atoms with Gasteiger partial charge in [-0.2, -0.15) is 13.2 Å². The van der Waals surface area contributed by atoms with Crippen LogP contribution in [0.2, 0.25) is 0 Å². The zero-order valence-corrected chi connectivity index (χ0v) is 10.5. The lowest BCUT2D eigenvalue weighted by molar-refractivity contribution is -0.137. The smallest absolute Gasteiger partial charge is 0.406 e. The molecule has 1 aromatic carbocycles. The molecule has 0 saturated heterocycles. The molecule has 2 N–H and O–H groups in total. The number of carboxylic acid groups (broad SMARTS) is 1. The summed E-state index contributed by atoms with van der Waals surface area (Å²) in [4.78, 5) is 22.5. The van der Waals surface area contributed by atoms with Crippen molar-refractivity contribution in [3.8, 4) is 0 Å². The van der Waals surface area contributed by atoms with Crippen molar-refractivity contribution < 1.29 is 36.6 Å². The number of urea groups is 1. The largest absolute Gasteiger partial charge is 0.478 e. The fourth-order valence-corrected chi connectivity index (χ4v) is 1.38. The zero-order valence-electron chi connectivity index (χ0n) is 10.5. The van der Waals surface area contributed by atoms with Gasteiger partial charge in [0.1, 0.15) is 6.54 Å². The first-order valence-electron chi connectivity index (χ1n) is 5.32. The average Bonchev–Trinajstić information content (AvgIpc) is 2.30. The van der Waals surface area contributed by atoms with Crippen LogP contribution in [0.4, 0.5) is 32.4 Å². The van der Waals surface area contributed by atoms with Crippen molar-refractivity contribution in [3.05, 3.63) is 29.3 Å². The molecule has 2 amide bonds. The molecule has 0 fully saturated rings. The van der Waals surface area contributed by atoms with Crippen LogP contribution in [0.25, 0.3) is 0 Å². The van der Waals surface area contributed by atoms with Gasteiger partial charge in [-0.3, -0.25) is 0 Å². The number of alkyl halides is 3. The van der Waals surface area contributed by atoms with Crippen molar-refractivity contribution in [3.63, 3.8) is 0 Å². The molecule has 116 valence electrons. The van der Waals surface area contributed by atoms with Gasteiger partial charge in [-0.25, -0.2) is 18.4 Å². The lowest BCUT2D eigenvalue weighted by atomic mass is 10.1. The standard InChI is InChI=1S/C11H9F5N2O3/c1-18(4-11(14,15)16)10(21)17-8-3-7(13)6(12)2-5(8)9(19)20/h2-3H,4H2,1H3,(H,17,21)(H,19,20). The van der Waals surface area contributed by atoms with Gasteiger partial charge in [0, 0.05) is 13.1 Å². The third-order valence-electron chi connectivity index (χ3n) is 2.30. The Kier molecular flexibility index (Phi) is 4.71. The van der Waals surface area contributed by atoms with Gasteiger partial charge < -0.3 is 15.3 Å². The molecule has 0 unspecified atom stereocenters. The average molecular weight is 312 g/mol. The van der Waals surface area contributed by atoms with E-state index in [0.717, 1.165) is 7.05 Å². The molecule has 0 bridgehead atoms. The molecular weight excluding hydrogens is 303 g/mol. The Hall–Kier alpha value is -2.39. The first-order valence-corrected chi connectivity index (χ1v) is 5.32. The molecule has 0 spiro atoms. The van der Waals surface area contributed by atoms with Crippen LogP contribution in [0.1, 0.15) is 10.4 Å². The Labute approximate surface area is 115 Å². The Morgan fingerprint density at radius 1 is 1.24 bits per heavy atom. The summed E-state index contributed by atoms with van der Waals surface area (Å²) in [5.74, 6) is -4.59. The molecule has 10 heteroatoms. The number of hydrogen-bond donors (Lipinski definition) is 2. The number of hydrogen-bond acceptors (Lipinski definition) is 2. The summed E-state index contributed by atoms with van der Waals surface area (Å²) in [6, 6.07) is -0.629. The Morgan fingerprint density at radius 3 is 2.24 bits per heavy atom. The van der Waals surface area contributed by atoms with Crippen molar-refractivity contribution in [2.45, 2.75) is 6.18 Å². The number of nitrogens with one attached hydrogen (secondary N) is 1. The molecule has 1 rings (SSSR count). The summed E-state index contributed by atoms with van der Waals surface area (Å²) >= 11 is 0. The van der Waals surface area contributed by atoms with Crippen molar-refractivity contribution in [2.75, 3.05) is 18.9 Å². The summed E-state index contributed by atoms with van der Waals surface area (Å²) in [6.45, 7) is -1.59. The van der Waals surface area contributed by atoms with E-state index in [9.17, 15) is 31.5 Å². The predicted octanol–water partition coefficient (Wildman–Crippen LogP) is 2.69. The van der Waals surface area contributed by atoms with Gasteiger partial charge in [-0.15, -0.1) is 0 Å². The lowest BCUT2D eigenvalue weighted by Gasteiger charge is -2.20. The number of rotatable bonds is 3. The first-order chi connectivity index (χ1) is 9.51. The highest BCUT2D eigenvalue weighted by molar-refractivity contribution is 6.00. The van der Waals surface area contributed by atoms with Crippen LogP contribution in [-0.2, 0) is 0 Å². The normalized spacial score (nSPS) is 11.1. The molecule has 1 aromatic rings. The van der Waals surface area contributed by atoms with Crippen LogP contribution in [0.5, 0.6) is 0 Å². The number of carboxylic acids is 1. The molecular formula is C11H9F5N2O3. The summed E-state index contributed by atoms with van der Waals surface area (Å²) < 4.78 is 62.3. The maximum absolute atomic E-state index is 13.0. The van der Waals surface area contributed by atoms with E-state index in [-0.39, 0.29) is 4.90 Å². The number of carbonyl (C=O) groups is 2. The number of halogens is 5. The topological polar surface area (TPSA) is 69.6 Å². The SMILES string of the molecule is CN(CC(F)(F)F)C(=O)Nc1cc(F)c(F)cc1C(=O)O. The Balaban J connectivity index is 2.99. The van der Waals surface area contributed by atoms with Gasteiger partial charge in [0.15, 0.2) is 11.6 Å². The highest BCUT2D eigenvalue weighted by Gasteiger charge is 2.31. The second kappa shape index (κ2) is 5.94. The summed E-state index contributed by atoms with van der Waals surface area (Å²) in [5, 5.41) is 10.6. The van der Waals surface area contributed by atoms with Crippen LogP contribution in [0.15, 0.2) is 12.1 Å². The van der Waals surface area contributed by atoms with E-state index in [1.807, 2.05) is 0 Å². The molecule has 0 aliphatic rings. The quantitative estimate of drug-likeness (QED) is 0.843. The lowest BCUT2D eigenvalue weighted by Crippen LogP contribution is -2.38. The number of amides is 2. The summed E-state index contributed by atoms with van der Waals surface area (Å²) in [6.07, 6.45) is -4.66. The fourth-order valence-electron chi connectivity index (χ4n) is 1.38. The molecule has 0 aliphatic carbocycles. The van der Waals surface area contributed by atoms with Gasteiger partial charge in [0.25, 0.3) is 0 Å². The Bertz CT molecular complexity index is 574. The molecule has 0 atom stereocenters. The highest BCUT2D eigenvalue weighted by Crippen LogP contribution is 2.21. The van der Waals surface area contributed by atoms with Gasteiger partial charge in [-0.1, -0.05) is 0 Å². The Morgan fingerprint density at radius 2 is 1.76 bits per heavy atom. The van der Waals surface area contributed by atoms with Gasteiger partial charge in [-0.05, 0) is 6.07 Å². The zero-order chi connectivity index (χ0) is 16.4. The molecule has 0 heterocycles. The third kappa shape index (κ3) is 4.58. The minimum Gasteiger partial charge on any atom is -0.478 e. The first kappa shape index (κ1) is 16.7. The number of benzene rings is 1. The summed E-state index contributed by atoms with van der Waals surface area (Å²) in [5.41, 5.74) is -1.44. The molecule has 5 nitrogen and oxygen atoms in total. The third-order valence-corrected chi connectivity index (χ3v) is 2.30. The summed E-state index contributed by atoms with van der Waals surface area (Å²) in [7, 11) is 0.809. The van der Waals surface area contributed by atoms with Crippen molar-refractivity contribution in [2.24, 2.45) is 0 Å². The molecule has 0 aromatic heterocycles. The number of carbonyl (C=O) groups excluding carboxylic acids is 1. The van der Waals surface area contributed by atoms with Crippen molar-refractivity contribution in [1.29, 1.82) is 0 Å². The van der Waals surface area contributed by atoms with E-state index < -0.39 is 47.6 Å². The maximum Gasteiger partial charge on any atom is 0.406 e. The number of anilines is 1. The van der Waals surface area contributed by atoms with Crippen LogP contribution >= 0.6 is 0 Å². The van der Waals surface area contributed by atoms with E-state index in [1.54, 1.807) is 5.32 Å². The van der Waals surface area contributed by atoms with Gasteiger partial charge >= 0.3 is 18.2 Å². The maximum atomic E-state index is 13.0. The van der Waals surface area contributed by atoms with Crippen LogP contribution < -0.4 is 5.32 Å². The highest BCUT2D eigenvalue weighted by atomic mass is 19.4. The number of nitrogens with zero attached hydrogens (tertiary/aromatic N) is 1. The van der Waals surface area contributed by atoms with Crippen LogP contribution in [-0.4, -0.2) is 41.8 Å². The molecule has 0 radical (unpaired) electrons. The minimum atomic E-state index is -4.66. The molecule has 0 saturated carbocycles. The molecule has 21 heavy (non-hydrogen) atoms. The predicted molar refractivity (Wildman–Crippen MR) is 61.0 cm³/mol. The minimum absolute atomic E-state index is 0.215. The molecule has 0 aliphatic heterocycles. The van der Waals surface area contributed by atoms with Crippen LogP contribution in [0.3, 0.4) is 0 Å².